The molecule has 0 atom stereocenters. The van der Waals surface area contributed by atoms with E-state index in [9.17, 15) is 0 Å². The van der Waals surface area contributed by atoms with Gasteiger partial charge in [0.25, 0.3) is 0 Å². The lowest BCUT2D eigenvalue weighted by Crippen LogP contribution is -1.99. The SMILES string of the molecule is CCCCCCCCCCC#CCCCCCCCCCC(CCC)CCC. The van der Waals surface area contributed by atoms with Crippen molar-refractivity contribution >= 4 is 0 Å². The highest BCUT2D eigenvalue weighted by molar-refractivity contribution is 4.98. The standard InChI is InChI=1S/C28H54/c1-4-7-8-9-10-11-12-13-14-15-16-17-18-19-20-21-22-23-24-27-28(25-5-2)26-6-3/h28H,4-14,17-27H2,1-3H3. The fraction of sp³-hybridized carbons (Fsp3) is 0.929. The maximum Gasteiger partial charge on any atom is 0.00886 e. The second-order valence-electron chi connectivity index (χ2n) is 9.04. The van der Waals surface area contributed by atoms with Gasteiger partial charge in [-0.1, -0.05) is 136 Å². The van der Waals surface area contributed by atoms with Crippen LogP contribution in [0.3, 0.4) is 0 Å². The van der Waals surface area contributed by atoms with Gasteiger partial charge in [-0.25, -0.2) is 0 Å². The number of rotatable bonds is 21. The van der Waals surface area contributed by atoms with Crippen molar-refractivity contribution in [2.75, 3.05) is 0 Å². The fourth-order valence-electron chi connectivity index (χ4n) is 4.30. The minimum Gasteiger partial charge on any atom is -0.103 e. The third-order valence-corrected chi connectivity index (χ3v) is 6.09. The summed E-state index contributed by atoms with van der Waals surface area (Å²) >= 11 is 0. The van der Waals surface area contributed by atoms with Crippen LogP contribution in [0.4, 0.5) is 0 Å². The molecule has 166 valence electrons. The van der Waals surface area contributed by atoms with Crippen molar-refractivity contribution in [2.24, 2.45) is 5.92 Å². The largest absolute Gasteiger partial charge is 0.103 e. The van der Waals surface area contributed by atoms with Crippen molar-refractivity contribution in [3.05, 3.63) is 0 Å². The third kappa shape index (κ3) is 21.9. The molecule has 0 amide bonds. The monoisotopic (exact) mass is 390 g/mol. The van der Waals surface area contributed by atoms with Gasteiger partial charge in [0.05, 0.1) is 0 Å². The molecule has 0 N–H and O–H groups in total. The van der Waals surface area contributed by atoms with E-state index in [1.807, 2.05) is 0 Å². The molecule has 0 aliphatic carbocycles. The van der Waals surface area contributed by atoms with E-state index in [1.54, 1.807) is 0 Å². The van der Waals surface area contributed by atoms with E-state index in [-0.39, 0.29) is 0 Å². The lowest BCUT2D eigenvalue weighted by atomic mass is 9.92. The molecule has 0 rings (SSSR count). The normalized spacial score (nSPS) is 11.0. The minimum absolute atomic E-state index is 1.01. The third-order valence-electron chi connectivity index (χ3n) is 6.09. The summed E-state index contributed by atoms with van der Waals surface area (Å²) in [6.07, 6.45) is 30.6. The first-order valence-corrected chi connectivity index (χ1v) is 13.3. The molecule has 0 aliphatic heterocycles. The van der Waals surface area contributed by atoms with Gasteiger partial charge in [-0.15, -0.1) is 11.8 Å². The van der Waals surface area contributed by atoms with Gasteiger partial charge in [-0.3, -0.25) is 0 Å². The van der Waals surface area contributed by atoms with E-state index < -0.39 is 0 Å². The molecule has 0 fully saturated rings. The van der Waals surface area contributed by atoms with Gasteiger partial charge in [0.15, 0.2) is 0 Å². The smallest absolute Gasteiger partial charge is 0.00886 e. The molecule has 0 saturated carbocycles. The summed E-state index contributed by atoms with van der Waals surface area (Å²) in [5, 5.41) is 0. The van der Waals surface area contributed by atoms with Crippen LogP contribution in [0.2, 0.25) is 0 Å². The van der Waals surface area contributed by atoms with Gasteiger partial charge in [-0.2, -0.15) is 0 Å². The summed E-state index contributed by atoms with van der Waals surface area (Å²) in [6, 6.07) is 0. The Morgan fingerprint density at radius 1 is 0.393 bits per heavy atom. The molecule has 0 heterocycles. The van der Waals surface area contributed by atoms with Crippen LogP contribution in [0.25, 0.3) is 0 Å². The molecule has 0 radical (unpaired) electrons. The van der Waals surface area contributed by atoms with Gasteiger partial charge in [0.1, 0.15) is 0 Å². The summed E-state index contributed by atoms with van der Waals surface area (Å²) in [5.41, 5.74) is 0. The fourth-order valence-corrected chi connectivity index (χ4v) is 4.30. The molecular formula is C28H54. The summed E-state index contributed by atoms with van der Waals surface area (Å²) in [7, 11) is 0. The molecule has 0 aliphatic rings. The molecular weight excluding hydrogens is 336 g/mol. The zero-order valence-corrected chi connectivity index (χ0v) is 20.1. The molecule has 28 heavy (non-hydrogen) atoms. The van der Waals surface area contributed by atoms with Crippen molar-refractivity contribution in [3.8, 4) is 11.8 Å². The molecule has 0 aromatic heterocycles. The Kier molecular flexibility index (Phi) is 24.2. The second kappa shape index (κ2) is 24.6. The Balaban J connectivity index is 3.24. The topological polar surface area (TPSA) is 0 Å². The summed E-state index contributed by atoms with van der Waals surface area (Å²) < 4.78 is 0. The van der Waals surface area contributed by atoms with E-state index in [2.05, 4.69) is 32.6 Å². The first-order valence-electron chi connectivity index (χ1n) is 13.3. The van der Waals surface area contributed by atoms with Crippen LogP contribution in [-0.2, 0) is 0 Å². The Hall–Kier alpha value is -0.440. The first-order chi connectivity index (χ1) is 13.8. The van der Waals surface area contributed by atoms with Crippen molar-refractivity contribution in [2.45, 2.75) is 162 Å². The van der Waals surface area contributed by atoms with E-state index >= 15 is 0 Å². The van der Waals surface area contributed by atoms with Crippen molar-refractivity contribution in [1.29, 1.82) is 0 Å². The van der Waals surface area contributed by atoms with Gasteiger partial charge >= 0.3 is 0 Å². The molecule has 0 bridgehead atoms. The molecule has 0 aromatic carbocycles. The van der Waals surface area contributed by atoms with Crippen molar-refractivity contribution < 1.29 is 0 Å². The summed E-state index contributed by atoms with van der Waals surface area (Å²) in [5.74, 6) is 7.81. The highest BCUT2D eigenvalue weighted by Gasteiger charge is 2.05. The quantitative estimate of drug-likeness (QED) is 0.135. The van der Waals surface area contributed by atoms with Crippen LogP contribution < -0.4 is 0 Å². The van der Waals surface area contributed by atoms with Crippen LogP contribution >= 0.6 is 0 Å². The highest BCUT2D eigenvalue weighted by Crippen LogP contribution is 2.21. The van der Waals surface area contributed by atoms with Crippen molar-refractivity contribution in [1.82, 2.24) is 0 Å². The first kappa shape index (κ1) is 27.6. The lowest BCUT2D eigenvalue weighted by Gasteiger charge is -2.14. The molecule has 0 nitrogen and oxygen atoms in total. The summed E-state index contributed by atoms with van der Waals surface area (Å²) in [4.78, 5) is 0. The minimum atomic E-state index is 1.01. The Bertz CT molecular complexity index is 326. The number of hydrogen-bond acceptors (Lipinski definition) is 0. The predicted molar refractivity (Wildman–Crippen MR) is 130 cm³/mol. The van der Waals surface area contributed by atoms with E-state index in [4.69, 9.17) is 0 Å². The van der Waals surface area contributed by atoms with Gasteiger partial charge in [-0.05, 0) is 18.8 Å². The lowest BCUT2D eigenvalue weighted by molar-refractivity contribution is 0.390. The number of hydrogen-bond donors (Lipinski definition) is 0. The average Bonchev–Trinajstić information content (AvgIpc) is 2.70. The van der Waals surface area contributed by atoms with E-state index in [1.165, 1.54) is 128 Å². The Labute approximate surface area is 180 Å². The van der Waals surface area contributed by atoms with E-state index in [0.717, 1.165) is 18.8 Å². The predicted octanol–water partition coefficient (Wildman–Crippen LogP) is 10.2. The maximum absolute atomic E-state index is 3.40. The Morgan fingerprint density at radius 2 is 0.786 bits per heavy atom. The molecule has 0 aromatic rings. The van der Waals surface area contributed by atoms with Crippen LogP contribution in [0, 0.1) is 17.8 Å². The zero-order chi connectivity index (χ0) is 20.5. The number of unbranched alkanes of at least 4 members (excludes halogenated alkanes) is 15. The average molecular weight is 391 g/mol. The van der Waals surface area contributed by atoms with Crippen molar-refractivity contribution in [3.63, 3.8) is 0 Å². The maximum atomic E-state index is 3.40. The summed E-state index contributed by atoms with van der Waals surface area (Å²) in [6.45, 7) is 6.96. The molecule has 0 unspecified atom stereocenters. The molecule has 0 heteroatoms. The van der Waals surface area contributed by atoms with Gasteiger partial charge < -0.3 is 0 Å². The Morgan fingerprint density at radius 3 is 1.21 bits per heavy atom. The molecule has 0 spiro atoms. The zero-order valence-electron chi connectivity index (χ0n) is 20.1. The highest BCUT2D eigenvalue weighted by atomic mass is 14.1. The van der Waals surface area contributed by atoms with Gasteiger partial charge in [0, 0.05) is 12.8 Å². The van der Waals surface area contributed by atoms with Crippen LogP contribution in [0.5, 0.6) is 0 Å². The van der Waals surface area contributed by atoms with Crippen LogP contribution in [0.15, 0.2) is 0 Å². The second-order valence-corrected chi connectivity index (χ2v) is 9.04. The van der Waals surface area contributed by atoms with Crippen LogP contribution in [-0.4, -0.2) is 0 Å². The molecule has 0 saturated heterocycles. The van der Waals surface area contributed by atoms with Crippen LogP contribution in [0.1, 0.15) is 162 Å². The van der Waals surface area contributed by atoms with E-state index in [0.29, 0.717) is 0 Å². The van der Waals surface area contributed by atoms with Gasteiger partial charge in [0.2, 0.25) is 0 Å².